The Morgan fingerprint density at radius 2 is 2.00 bits per heavy atom. The molecule has 1 atom stereocenters. The number of nitrogens with zero attached hydrogens (tertiary/aromatic N) is 2. The van der Waals surface area contributed by atoms with Crippen LogP contribution in [0.1, 0.15) is 26.6 Å². The molecule has 0 aliphatic heterocycles. The van der Waals surface area contributed by atoms with Gasteiger partial charge >= 0.3 is 6.01 Å². The molecule has 1 N–H and O–H groups in total. The Kier molecular flexibility index (Phi) is 2.68. The third-order valence-electron chi connectivity index (χ3n) is 1.88. The highest BCUT2D eigenvalue weighted by Crippen LogP contribution is 2.09. The van der Waals surface area contributed by atoms with Crippen molar-refractivity contribution in [3.05, 3.63) is 5.82 Å². The van der Waals surface area contributed by atoms with Gasteiger partial charge in [0.05, 0.1) is 0 Å². The average Bonchev–Trinajstić information content (AvgIpc) is 2.35. The summed E-state index contributed by atoms with van der Waals surface area (Å²) in [6.45, 7) is 8.17. The zero-order valence-electron chi connectivity index (χ0n) is 7.96. The van der Waals surface area contributed by atoms with Gasteiger partial charge in [0.1, 0.15) is 0 Å². The molecule has 12 heavy (non-hydrogen) atoms. The molecule has 4 heteroatoms. The van der Waals surface area contributed by atoms with Crippen LogP contribution >= 0.6 is 0 Å². The van der Waals surface area contributed by atoms with E-state index in [2.05, 4.69) is 36.2 Å². The largest absolute Gasteiger partial charge is 0.335 e. The molecule has 0 amide bonds. The van der Waals surface area contributed by atoms with Crippen molar-refractivity contribution >= 4 is 6.01 Å². The van der Waals surface area contributed by atoms with Gasteiger partial charge in [0.15, 0.2) is 5.82 Å². The lowest BCUT2D eigenvalue weighted by Crippen LogP contribution is -2.21. The van der Waals surface area contributed by atoms with Crippen LogP contribution in [0.15, 0.2) is 4.52 Å². The first-order valence-corrected chi connectivity index (χ1v) is 4.16. The third-order valence-corrected chi connectivity index (χ3v) is 1.88. The Morgan fingerprint density at radius 1 is 1.33 bits per heavy atom. The summed E-state index contributed by atoms with van der Waals surface area (Å²) in [7, 11) is 0. The fraction of sp³-hybridized carbons (Fsp3) is 0.750. The molecule has 4 nitrogen and oxygen atoms in total. The Bertz CT molecular complexity index is 244. The normalized spacial score (nSPS) is 13.4. The van der Waals surface area contributed by atoms with E-state index < -0.39 is 0 Å². The first kappa shape index (κ1) is 9.03. The summed E-state index contributed by atoms with van der Waals surface area (Å²) in [6, 6.07) is 0.860. The molecule has 1 aromatic heterocycles. The molecule has 1 unspecified atom stereocenters. The summed E-state index contributed by atoms with van der Waals surface area (Å²) in [6.07, 6.45) is 0. The Labute approximate surface area is 72.4 Å². The van der Waals surface area contributed by atoms with Crippen molar-refractivity contribution in [1.29, 1.82) is 0 Å². The number of rotatable bonds is 3. The van der Waals surface area contributed by atoms with Crippen LogP contribution in [0.5, 0.6) is 0 Å². The predicted octanol–water partition coefficient (Wildman–Crippen LogP) is 1.83. The van der Waals surface area contributed by atoms with Crippen LogP contribution in [0.3, 0.4) is 0 Å². The van der Waals surface area contributed by atoms with Crippen molar-refractivity contribution in [1.82, 2.24) is 10.1 Å². The molecule has 1 rings (SSSR count). The van der Waals surface area contributed by atoms with Gasteiger partial charge in [-0.05, 0) is 19.8 Å². The van der Waals surface area contributed by atoms with E-state index in [1.807, 2.05) is 0 Å². The molecule has 0 aliphatic rings. The molecule has 0 fully saturated rings. The molecule has 1 aromatic rings. The number of aryl methyl sites for hydroxylation is 1. The molecule has 0 aliphatic carbocycles. The van der Waals surface area contributed by atoms with E-state index >= 15 is 0 Å². The van der Waals surface area contributed by atoms with Gasteiger partial charge < -0.3 is 9.84 Å². The second-order valence-electron chi connectivity index (χ2n) is 3.32. The van der Waals surface area contributed by atoms with Gasteiger partial charge in [-0.3, -0.25) is 0 Å². The predicted molar refractivity (Wildman–Crippen MR) is 47.0 cm³/mol. The van der Waals surface area contributed by atoms with E-state index in [1.54, 1.807) is 6.92 Å². The molecule has 0 aromatic carbocycles. The molecule has 0 bridgehead atoms. The highest BCUT2D eigenvalue weighted by molar-refractivity contribution is 5.19. The monoisotopic (exact) mass is 169 g/mol. The fourth-order valence-electron chi connectivity index (χ4n) is 0.717. The maximum Gasteiger partial charge on any atom is 0.321 e. The SMILES string of the molecule is Cc1noc(NC(C)C(C)C)n1. The van der Waals surface area contributed by atoms with Crippen molar-refractivity contribution in [3.63, 3.8) is 0 Å². The first-order valence-electron chi connectivity index (χ1n) is 4.16. The van der Waals surface area contributed by atoms with Crippen molar-refractivity contribution in [2.45, 2.75) is 33.7 Å². The Hall–Kier alpha value is -1.06. The van der Waals surface area contributed by atoms with Gasteiger partial charge in [-0.15, -0.1) is 0 Å². The third kappa shape index (κ3) is 2.22. The lowest BCUT2D eigenvalue weighted by Gasteiger charge is -2.14. The van der Waals surface area contributed by atoms with E-state index in [-0.39, 0.29) is 0 Å². The average molecular weight is 169 g/mol. The minimum Gasteiger partial charge on any atom is -0.335 e. The number of hydrogen-bond donors (Lipinski definition) is 1. The molecular formula is C8H15N3O. The van der Waals surface area contributed by atoms with E-state index in [4.69, 9.17) is 4.52 Å². The van der Waals surface area contributed by atoms with E-state index in [0.717, 1.165) is 0 Å². The lowest BCUT2D eigenvalue weighted by atomic mass is 10.1. The van der Waals surface area contributed by atoms with Gasteiger partial charge in [0, 0.05) is 6.04 Å². The summed E-state index contributed by atoms with van der Waals surface area (Å²) < 4.78 is 4.91. The van der Waals surface area contributed by atoms with Gasteiger partial charge in [-0.25, -0.2) is 0 Å². The van der Waals surface area contributed by atoms with Crippen LogP contribution < -0.4 is 5.32 Å². The highest BCUT2D eigenvalue weighted by atomic mass is 16.5. The minimum absolute atomic E-state index is 0.352. The molecule has 0 radical (unpaired) electrons. The number of anilines is 1. The quantitative estimate of drug-likeness (QED) is 0.750. The van der Waals surface area contributed by atoms with Crippen molar-refractivity contribution in [2.75, 3.05) is 5.32 Å². The van der Waals surface area contributed by atoms with Gasteiger partial charge in [-0.1, -0.05) is 19.0 Å². The summed E-state index contributed by atoms with van der Waals surface area (Å²) in [5, 5.41) is 6.80. The number of aromatic nitrogens is 2. The molecule has 0 saturated carbocycles. The van der Waals surface area contributed by atoms with Gasteiger partial charge in [0.25, 0.3) is 0 Å². The Balaban J connectivity index is 2.52. The van der Waals surface area contributed by atoms with E-state index in [1.165, 1.54) is 0 Å². The molecule has 1 heterocycles. The molecule has 68 valence electrons. The summed E-state index contributed by atoms with van der Waals surface area (Å²) in [4.78, 5) is 4.04. The van der Waals surface area contributed by atoms with E-state index in [0.29, 0.717) is 23.8 Å². The number of hydrogen-bond acceptors (Lipinski definition) is 4. The van der Waals surface area contributed by atoms with Crippen LogP contribution in [0.4, 0.5) is 6.01 Å². The smallest absolute Gasteiger partial charge is 0.321 e. The summed E-state index contributed by atoms with van der Waals surface area (Å²) >= 11 is 0. The van der Waals surface area contributed by atoms with E-state index in [9.17, 15) is 0 Å². The van der Waals surface area contributed by atoms with Crippen molar-refractivity contribution in [2.24, 2.45) is 5.92 Å². The van der Waals surface area contributed by atoms with Crippen LogP contribution in [0, 0.1) is 12.8 Å². The van der Waals surface area contributed by atoms with Crippen LogP contribution in [-0.4, -0.2) is 16.2 Å². The minimum atomic E-state index is 0.352. The van der Waals surface area contributed by atoms with Crippen LogP contribution in [0.25, 0.3) is 0 Å². The zero-order chi connectivity index (χ0) is 9.14. The topological polar surface area (TPSA) is 51.0 Å². The maximum absolute atomic E-state index is 4.91. The fourth-order valence-corrected chi connectivity index (χ4v) is 0.717. The van der Waals surface area contributed by atoms with Crippen molar-refractivity contribution < 1.29 is 4.52 Å². The standard InChI is InChI=1S/C8H15N3O/c1-5(2)6(3)9-8-10-7(4)11-12-8/h5-6H,1-4H3,(H,9,10,11). The second-order valence-corrected chi connectivity index (χ2v) is 3.32. The number of nitrogens with one attached hydrogen (secondary N) is 1. The summed E-state index contributed by atoms with van der Waals surface area (Å²) in [5.41, 5.74) is 0. The van der Waals surface area contributed by atoms with Gasteiger partial charge in [-0.2, -0.15) is 4.98 Å². The summed E-state index contributed by atoms with van der Waals surface area (Å²) in [5.74, 6) is 1.21. The van der Waals surface area contributed by atoms with Gasteiger partial charge in [0.2, 0.25) is 0 Å². The lowest BCUT2D eigenvalue weighted by molar-refractivity contribution is 0.415. The van der Waals surface area contributed by atoms with Crippen LogP contribution in [0.2, 0.25) is 0 Å². The first-order chi connectivity index (χ1) is 5.59. The molecule has 0 saturated heterocycles. The molecule has 0 spiro atoms. The maximum atomic E-state index is 4.91. The van der Waals surface area contributed by atoms with Crippen LogP contribution in [-0.2, 0) is 0 Å². The second kappa shape index (κ2) is 3.56. The highest BCUT2D eigenvalue weighted by Gasteiger charge is 2.09. The van der Waals surface area contributed by atoms with Crippen molar-refractivity contribution in [3.8, 4) is 0 Å². The zero-order valence-corrected chi connectivity index (χ0v) is 7.96. The molecular weight excluding hydrogens is 154 g/mol. The Morgan fingerprint density at radius 3 is 2.42 bits per heavy atom.